The predicted molar refractivity (Wildman–Crippen MR) is 111 cm³/mol. The molecule has 6 heteroatoms. The second kappa shape index (κ2) is 10.9. The number of rotatable bonds is 6. The van der Waals surface area contributed by atoms with E-state index in [0.29, 0.717) is 6.54 Å². The molecular formula is C19H25FIN3O. The van der Waals surface area contributed by atoms with Gasteiger partial charge in [-0.15, -0.1) is 24.0 Å². The molecule has 0 aliphatic carbocycles. The Morgan fingerprint density at radius 1 is 1.16 bits per heavy atom. The highest BCUT2D eigenvalue weighted by molar-refractivity contribution is 14.0. The van der Waals surface area contributed by atoms with Crippen LogP contribution in [0.25, 0.3) is 0 Å². The van der Waals surface area contributed by atoms with Crippen LogP contribution in [0.15, 0.2) is 53.5 Å². The molecule has 0 saturated carbocycles. The van der Waals surface area contributed by atoms with E-state index < -0.39 is 0 Å². The Balaban J connectivity index is 0.00000312. The first-order chi connectivity index (χ1) is 11.6. The maximum absolute atomic E-state index is 13.2. The molecule has 4 nitrogen and oxygen atoms in total. The lowest BCUT2D eigenvalue weighted by molar-refractivity contribution is 0.414. The van der Waals surface area contributed by atoms with Crippen LogP contribution in [0.2, 0.25) is 0 Å². The molecular weight excluding hydrogens is 432 g/mol. The highest BCUT2D eigenvalue weighted by Gasteiger charge is 2.06. The molecule has 0 aliphatic rings. The van der Waals surface area contributed by atoms with Gasteiger partial charge in [0.25, 0.3) is 0 Å². The summed E-state index contributed by atoms with van der Waals surface area (Å²) in [5.41, 5.74) is 2.14. The van der Waals surface area contributed by atoms with Crippen LogP contribution >= 0.6 is 24.0 Å². The van der Waals surface area contributed by atoms with Crippen molar-refractivity contribution in [3.05, 3.63) is 65.5 Å². The summed E-state index contributed by atoms with van der Waals surface area (Å²) in [6.07, 6.45) is 0.743. The fraction of sp³-hybridized carbons (Fsp3) is 0.316. The lowest BCUT2D eigenvalue weighted by Gasteiger charge is -2.22. The summed E-state index contributed by atoms with van der Waals surface area (Å²) >= 11 is 0. The number of benzene rings is 2. The van der Waals surface area contributed by atoms with Crippen molar-refractivity contribution < 1.29 is 9.13 Å². The third-order valence-electron chi connectivity index (χ3n) is 3.74. The minimum atomic E-state index is -0.200. The lowest BCUT2D eigenvalue weighted by Crippen LogP contribution is -2.39. The zero-order chi connectivity index (χ0) is 17.4. The van der Waals surface area contributed by atoms with E-state index in [9.17, 15) is 4.39 Å². The Morgan fingerprint density at radius 2 is 1.88 bits per heavy atom. The number of hydrogen-bond acceptors (Lipinski definition) is 2. The van der Waals surface area contributed by atoms with Crippen LogP contribution in [0, 0.1) is 5.82 Å². The topological polar surface area (TPSA) is 36.9 Å². The molecule has 0 radical (unpaired) electrons. The van der Waals surface area contributed by atoms with E-state index in [1.54, 1.807) is 26.3 Å². The smallest absolute Gasteiger partial charge is 0.193 e. The quantitative estimate of drug-likeness (QED) is 0.409. The molecule has 1 N–H and O–H groups in total. The van der Waals surface area contributed by atoms with Gasteiger partial charge in [-0.25, -0.2) is 4.39 Å². The molecule has 0 heterocycles. The number of nitrogens with one attached hydrogen (secondary N) is 1. The Hall–Kier alpha value is -1.83. The van der Waals surface area contributed by atoms with Crippen molar-refractivity contribution in [3.63, 3.8) is 0 Å². The molecule has 0 bridgehead atoms. The van der Waals surface area contributed by atoms with Gasteiger partial charge in [0.05, 0.1) is 7.11 Å². The van der Waals surface area contributed by atoms with Gasteiger partial charge in [0.1, 0.15) is 11.6 Å². The molecule has 0 fully saturated rings. The molecule has 136 valence electrons. The van der Waals surface area contributed by atoms with Crippen molar-refractivity contribution in [1.82, 2.24) is 10.2 Å². The predicted octanol–water partition coefficient (Wildman–Crippen LogP) is 3.70. The molecule has 2 aromatic rings. The largest absolute Gasteiger partial charge is 0.497 e. The highest BCUT2D eigenvalue weighted by atomic mass is 127. The van der Waals surface area contributed by atoms with E-state index in [-0.39, 0.29) is 29.8 Å². The summed E-state index contributed by atoms with van der Waals surface area (Å²) < 4.78 is 18.4. The third kappa shape index (κ3) is 6.89. The molecule has 0 aromatic heterocycles. The zero-order valence-corrected chi connectivity index (χ0v) is 17.2. The van der Waals surface area contributed by atoms with Crippen LogP contribution < -0.4 is 10.1 Å². The molecule has 0 amide bonds. The number of methoxy groups -OCH3 is 1. The monoisotopic (exact) mass is 457 g/mol. The molecule has 2 aromatic carbocycles. The number of aliphatic imine (C=N–C) groups is 1. The van der Waals surface area contributed by atoms with E-state index >= 15 is 0 Å². The van der Waals surface area contributed by atoms with Crippen LogP contribution in [0.1, 0.15) is 11.1 Å². The summed E-state index contributed by atoms with van der Waals surface area (Å²) in [5.74, 6) is 1.45. The normalized spacial score (nSPS) is 10.8. The van der Waals surface area contributed by atoms with Crippen molar-refractivity contribution in [1.29, 1.82) is 0 Å². The first-order valence-corrected chi connectivity index (χ1v) is 7.91. The van der Waals surface area contributed by atoms with E-state index in [4.69, 9.17) is 4.74 Å². The molecule has 0 unspecified atom stereocenters. The van der Waals surface area contributed by atoms with E-state index in [1.165, 1.54) is 11.6 Å². The first-order valence-electron chi connectivity index (χ1n) is 7.91. The van der Waals surface area contributed by atoms with Crippen molar-refractivity contribution in [2.45, 2.75) is 13.0 Å². The number of hydrogen-bond donors (Lipinski definition) is 1. The summed E-state index contributed by atoms with van der Waals surface area (Å²) in [6, 6.07) is 14.6. The fourth-order valence-corrected chi connectivity index (χ4v) is 2.48. The second-order valence-electron chi connectivity index (χ2n) is 5.56. The van der Waals surface area contributed by atoms with Gasteiger partial charge in [0.15, 0.2) is 5.96 Å². The highest BCUT2D eigenvalue weighted by Crippen LogP contribution is 2.12. The first kappa shape index (κ1) is 21.2. The van der Waals surface area contributed by atoms with Crippen molar-refractivity contribution in [2.75, 3.05) is 27.7 Å². The molecule has 2 rings (SSSR count). The van der Waals surface area contributed by atoms with Gasteiger partial charge >= 0.3 is 0 Å². The van der Waals surface area contributed by atoms with Gasteiger partial charge in [0.2, 0.25) is 0 Å². The molecule has 0 spiro atoms. The van der Waals surface area contributed by atoms with Crippen LogP contribution in [0.3, 0.4) is 0 Å². The maximum Gasteiger partial charge on any atom is 0.193 e. The molecule has 0 saturated heterocycles. The Bertz CT molecular complexity index is 677. The fourth-order valence-electron chi connectivity index (χ4n) is 2.48. The number of nitrogens with zero attached hydrogens (tertiary/aromatic N) is 2. The third-order valence-corrected chi connectivity index (χ3v) is 3.74. The summed E-state index contributed by atoms with van der Waals surface area (Å²) in [4.78, 5) is 6.35. The number of ether oxygens (including phenoxy) is 1. The van der Waals surface area contributed by atoms with E-state index in [1.807, 2.05) is 42.3 Å². The Labute approximate surface area is 166 Å². The van der Waals surface area contributed by atoms with Gasteiger partial charge < -0.3 is 15.0 Å². The van der Waals surface area contributed by atoms with Gasteiger partial charge in [0, 0.05) is 27.2 Å². The van der Waals surface area contributed by atoms with Crippen LogP contribution in [-0.2, 0) is 13.0 Å². The summed E-state index contributed by atoms with van der Waals surface area (Å²) in [5, 5.41) is 3.31. The zero-order valence-electron chi connectivity index (χ0n) is 14.8. The lowest BCUT2D eigenvalue weighted by atomic mass is 10.1. The molecule has 25 heavy (non-hydrogen) atoms. The van der Waals surface area contributed by atoms with Crippen LogP contribution in [-0.4, -0.2) is 38.6 Å². The van der Waals surface area contributed by atoms with Crippen LogP contribution in [0.5, 0.6) is 5.75 Å². The standard InChI is InChI=1S/C19H24FN3O.HI/c1-21-19(22-12-11-15-5-4-6-17(20)13-15)23(2)14-16-7-9-18(24-3)10-8-16;/h4-10,13H,11-12,14H2,1-3H3,(H,21,22);1H. The van der Waals surface area contributed by atoms with Crippen LogP contribution in [0.4, 0.5) is 4.39 Å². The maximum atomic E-state index is 13.2. The minimum absolute atomic E-state index is 0. The summed E-state index contributed by atoms with van der Waals surface area (Å²) in [6.45, 7) is 1.44. The average Bonchev–Trinajstić information content (AvgIpc) is 2.59. The summed E-state index contributed by atoms with van der Waals surface area (Å²) in [7, 11) is 5.41. The molecule has 0 aliphatic heterocycles. The number of guanidine groups is 1. The van der Waals surface area contributed by atoms with Crippen molar-refractivity contribution >= 4 is 29.9 Å². The van der Waals surface area contributed by atoms with E-state index in [2.05, 4.69) is 10.3 Å². The molecule has 0 atom stereocenters. The Kier molecular flexibility index (Phi) is 9.26. The minimum Gasteiger partial charge on any atom is -0.497 e. The second-order valence-corrected chi connectivity index (χ2v) is 5.56. The van der Waals surface area contributed by atoms with Gasteiger partial charge in [-0.2, -0.15) is 0 Å². The van der Waals surface area contributed by atoms with Gasteiger partial charge in [-0.1, -0.05) is 24.3 Å². The van der Waals surface area contributed by atoms with E-state index in [0.717, 1.165) is 30.2 Å². The SMILES string of the molecule is CN=C(NCCc1cccc(F)c1)N(C)Cc1ccc(OC)cc1.I. The van der Waals surface area contributed by atoms with Crippen molar-refractivity contribution in [2.24, 2.45) is 4.99 Å². The average molecular weight is 457 g/mol. The Morgan fingerprint density at radius 3 is 2.48 bits per heavy atom. The number of halogens is 2. The van der Waals surface area contributed by atoms with Gasteiger partial charge in [-0.05, 0) is 41.8 Å². The van der Waals surface area contributed by atoms with Crippen molar-refractivity contribution in [3.8, 4) is 5.75 Å². The van der Waals surface area contributed by atoms with Gasteiger partial charge in [-0.3, -0.25) is 4.99 Å².